The first-order valence-electron chi connectivity index (χ1n) is 6.75. The fourth-order valence-electron chi connectivity index (χ4n) is 2.51. The van der Waals surface area contributed by atoms with Gasteiger partial charge < -0.3 is 9.47 Å². The van der Waals surface area contributed by atoms with Crippen LogP contribution in [0.5, 0.6) is 11.5 Å². The summed E-state index contributed by atoms with van der Waals surface area (Å²) in [7, 11) is 1.69. The molecule has 0 N–H and O–H groups in total. The number of terminal acetylenes is 1. The van der Waals surface area contributed by atoms with E-state index < -0.39 is 0 Å². The fraction of sp³-hybridized carbons (Fsp3) is 0.500. The van der Waals surface area contributed by atoms with Gasteiger partial charge in [-0.2, -0.15) is 0 Å². The first-order valence-corrected chi connectivity index (χ1v) is 6.75. The van der Waals surface area contributed by atoms with Gasteiger partial charge in [0, 0.05) is 6.04 Å². The van der Waals surface area contributed by atoms with Crippen LogP contribution in [0.15, 0.2) is 18.2 Å². The number of benzene rings is 1. The van der Waals surface area contributed by atoms with Crippen LogP contribution in [0.2, 0.25) is 0 Å². The SMILES string of the molecule is C#CCN(CCC)C1COc2ccc(OC)cc2C1. The Bertz CT molecular complexity index is 464. The Hall–Kier alpha value is -1.66. The van der Waals surface area contributed by atoms with Crippen molar-refractivity contribution < 1.29 is 9.47 Å². The lowest BCUT2D eigenvalue weighted by Gasteiger charge is -2.33. The molecule has 0 bridgehead atoms. The van der Waals surface area contributed by atoms with Gasteiger partial charge in [-0.25, -0.2) is 0 Å². The predicted octanol–water partition coefficient (Wildman–Crippen LogP) is 2.34. The van der Waals surface area contributed by atoms with Crippen molar-refractivity contribution in [2.24, 2.45) is 0 Å². The van der Waals surface area contributed by atoms with Gasteiger partial charge in [0.25, 0.3) is 0 Å². The zero-order valence-corrected chi connectivity index (χ0v) is 11.7. The Morgan fingerprint density at radius 1 is 1.53 bits per heavy atom. The van der Waals surface area contributed by atoms with Gasteiger partial charge in [0.2, 0.25) is 0 Å². The zero-order valence-electron chi connectivity index (χ0n) is 11.7. The third-order valence-corrected chi connectivity index (χ3v) is 3.48. The quantitative estimate of drug-likeness (QED) is 0.758. The van der Waals surface area contributed by atoms with E-state index in [2.05, 4.69) is 23.8 Å². The first-order chi connectivity index (χ1) is 9.28. The molecule has 0 aliphatic carbocycles. The Kier molecular flexibility index (Phi) is 4.70. The van der Waals surface area contributed by atoms with Crippen molar-refractivity contribution in [3.05, 3.63) is 23.8 Å². The number of fused-ring (bicyclic) bond motifs is 1. The zero-order chi connectivity index (χ0) is 13.7. The van der Waals surface area contributed by atoms with E-state index in [1.165, 1.54) is 5.56 Å². The predicted molar refractivity (Wildman–Crippen MR) is 76.7 cm³/mol. The smallest absolute Gasteiger partial charge is 0.122 e. The van der Waals surface area contributed by atoms with Gasteiger partial charge in [0.1, 0.15) is 18.1 Å². The molecule has 0 radical (unpaired) electrons. The van der Waals surface area contributed by atoms with Gasteiger partial charge in [0.05, 0.1) is 13.7 Å². The topological polar surface area (TPSA) is 21.7 Å². The molecular weight excluding hydrogens is 238 g/mol. The van der Waals surface area contributed by atoms with Gasteiger partial charge in [-0.05, 0) is 43.1 Å². The monoisotopic (exact) mass is 259 g/mol. The minimum absolute atomic E-state index is 0.357. The van der Waals surface area contributed by atoms with Gasteiger partial charge >= 0.3 is 0 Å². The highest BCUT2D eigenvalue weighted by atomic mass is 16.5. The molecule has 1 aromatic rings. The number of ether oxygens (including phenoxy) is 2. The molecule has 0 saturated heterocycles. The molecule has 2 rings (SSSR count). The van der Waals surface area contributed by atoms with Crippen LogP contribution >= 0.6 is 0 Å². The highest BCUT2D eigenvalue weighted by molar-refractivity contribution is 5.42. The Labute approximate surface area is 115 Å². The Morgan fingerprint density at radius 2 is 2.37 bits per heavy atom. The van der Waals surface area contributed by atoms with Gasteiger partial charge in [-0.15, -0.1) is 6.42 Å². The lowest BCUT2D eigenvalue weighted by molar-refractivity contribution is 0.131. The van der Waals surface area contributed by atoms with E-state index in [9.17, 15) is 0 Å². The standard InChI is InChI=1S/C16H21NO2/c1-4-8-17(9-5-2)14-10-13-11-15(18-3)6-7-16(13)19-12-14/h1,6-7,11,14H,5,8-10,12H2,2-3H3. The van der Waals surface area contributed by atoms with Crippen molar-refractivity contribution in [3.8, 4) is 23.8 Å². The van der Waals surface area contributed by atoms with Crippen LogP contribution in [-0.2, 0) is 6.42 Å². The number of methoxy groups -OCH3 is 1. The Balaban J connectivity index is 2.13. The molecule has 1 aliphatic rings. The van der Waals surface area contributed by atoms with Gasteiger partial charge in [-0.3, -0.25) is 4.90 Å². The van der Waals surface area contributed by atoms with Crippen LogP contribution in [0, 0.1) is 12.3 Å². The maximum Gasteiger partial charge on any atom is 0.122 e. The first kappa shape index (κ1) is 13.8. The molecule has 0 spiro atoms. The minimum atomic E-state index is 0.357. The fourth-order valence-corrected chi connectivity index (χ4v) is 2.51. The molecule has 0 amide bonds. The summed E-state index contributed by atoms with van der Waals surface area (Å²) in [5.74, 6) is 4.59. The lowest BCUT2D eigenvalue weighted by Crippen LogP contribution is -2.43. The van der Waals surface area contributed by atoms with E-state index in [1.807, 2.05) is 12.1 Å². The summed E-state index contributed by atoms with van der Waals surface area (Å²) in [6.45, 7) is 4.57. The van der Waals surface area contributed by atoms with Crippen molar-refractivity contribution in [1.82, 2.24) is 4.90 Å². The second-order valence-electron chi connectivity index (χ2n) is 4.82. The highest BCUT2D eigenvalue weighted by Crippen LogP contribution is 2.30. The summed E-state index contributed by atoms with van der Waals surface area (Å²) >= 11 is 0. The van der Waals surface area contributed by atoms with E-state index in [-0.39, 0.29) is 0 Å². The molecule has 1 aromatic carbocycles. The maximum atomic E-state index is 5.84. The van der Waals surface area contributed by atoms with Crippen LogP contribution in [0.4, 0.5) is 0 Å². The molecule has 102 valence electrons. The average molecular weight is 259 g/mol. The number of nitrogens with zero attached hydrogens (tertiary/aromatic N) is 1. The van der Waals surface area contributed by atoms with Crippen molar-refractivity contribution in [3.63, 3.8) is 0 Å². The number of hydrogen-bond donors (Lipinski definition) is 0. The molecule has 3 heteroatoms. The molecule has 1 unspecified atom stereocenters. The van der Waals surface area contributed by atoms with Crippen LogP contribution in [0.3, 0.4) is 0 Å². The van der Waals surface area contributed by atoms with E-state index in [1.54, 1.807) is 7.11 Å². The normalized spacial score (nSPS) is 17.5. The third-order valence-electron chi connectivity index (χ3n) is 3.48. The van der Waals surface area contributed by atoms with Crippen LogP contribution in [-0.4, -0.2) is 37.7 Å². The molecule has 0 aromatic heterocycles. The summed E-state index contributed by atoms with van der Waals surface area (Å²) < 4.78 is 11.1. The summed E-state index contributed by atoms with van der Waals surface area (Å²) in [5, 5.41) is 0. The number of hydrogen-bond acceptors (Lipinski definition) is 3. The minimum Gasteiger partial charge on any atom is -0.497 e. The summed E-state index contributed by atoms with van der Waals surface area (Å²) in [6.07, 6.45) is 7.52. The summed E-state index contributed by atoms with van der Waals surface area (Å²) in [6, 6.07) is 6.33. The number of rotatable bonds is 5. The summed E-state index contributed by atoms with van der Waals surface area (Å²) in [5.41, 5.74) is 1.20. The van der Waals surface area contributed by atoms with Gasteiger partial charge in [0.15, 0.2) is 0 Å². The molecule has 3 nitrogen and oxygen atoms in total. The van der Waals surface area contributed by atoms with Gasteiger partial charge in [-0.1, -0.05) is 12.8 Å². The van der Waals surface area contributed by atoms with E-state index in [0.29, 0.717) is 19.2 Å². The molecule has 1 heterocycles. The second kappa shape index (κ2) is 6.49. The Morgan fingerprint density at radius 3 is 3.05 bits per heavy atom. The van der Waals surface area contributed by atoms with E-state index >= 15 is 0 Å². The molecule has 0 fully saturated rings. The lowest BCUT2D eigenvalue weighted by atomic mass is 10.0. The maximum absolute atomic E-state index is 5.84. The third kappa shape index (κ3) is 3.21. The second-order valence-corrected chi connectivity index (χ2v) is 4.82. The summed E-state index contributed by atoms with van der Waals surface area (Å²) in [4.78, 5) is 2.32. The highest BCUT2D eigenvalue weighted by Gasteiger charge is 2.24. The van der Waals surface area contributed by atoms with Crippen molar-refractivity contribution >= 4 is 0 Å². The largest absolute Gasteiger partial charge is 0.497 e. The molecule has 19 heavy (non-hydrogen) atoms. The molecule has 1 aliphatic heterocycles. The van der Waals surface area contributed by atoms with E-state index in [4.69, 9.17) is 15.9 Å². The van der Waals surface area contributed by atoms with Crippen molar-refractivity contribution in [1.29, 1.82) is 0 Å². The van der Waals surface area contributed by atoms with Crippen molar-refractivity contribution in [2.45, 2.75) is 25.8 Å². The molecule has 0 saturated carbocycles. The van der Waals surface area contributed by atoms with E-state index in [0.717, 1.165) is 30.9 Å². The molecule has 1 atom stereocenters. The van der Waals surface area contributed by atoms with Crippen LogP contribution in [0.1, 0.15) is 18.9 Å². The van der Waals surface area contributed by atoms with Crippen molar-refractivity contribution in [2.75, 3.05) is 26.8 Å². The average Bonchev–Trinajstić information content (AvgIpc) is 2.46. The van der Waals surface area contributed by atoms with Crippen LogP contribution < -0.4 is 9.47 Å². The van der Waals surface area contributed by atoms with Crippen LogP contribution in [0.25, 0.3) is 0 Å². The molecular formula is C16H21NO2.